The fraction of sp³-hybridized carbons (Fsp3) is 0.611. The summed E-state index contributed by atoms with van der Waals surface area (Å²) in [6, 6.07) is 6.10. The van der Waals surface area contributed by atoms with Crippen molar-refractivity contribution in [2.24, 2.45) is 11.7 Å². The summed E-state index contributed by atoms with van der Waals surface area (Å²) in [5.74, 6) is 1.48. The molecule has 1 fully saturated rings. The van der Waals surface area contributed by atoms with E-state index in [-0.39, 0.29) is 18.3 Å². The molecule has 4 nitrogen and oxygen atoms in total. The first-order valence-electron chi connectivity index (χ1n) is 8.22. The van der Waals surface area contributed by atoms with Crippen LogP contribution in [0, 0.1) is 12.8 Å². The maximum atomic E-state index is 12.2. The molecule has 1 aliphatic carbocycles. The van der Waals surface area contributed by atoms with Crippen molar-refractivity contribution in [2.45, 2.75) is 58.5 Å². The van der Waals surface area contributed by atoms with E-state index < -0.39 is 5.54 Å². The smallest absolute Gasteiger partial charge is 0.240 e. The number of carbonyl (C=O) groups is 1. The number of aryl methyl sites for hydroxylation is 1. The molecule has 1 atom stereocenters. The van der Waals surface area contributed by atoms with Crippen LogP contribution in [0.5, 0.6) is 5.75 Å². The summed E-state index contributed by atoms with van der Waals surface area (Å²) in [4.78, 5) is 12.2. The van der Waals surface area contributed by atoms with E-state index in [2.05, 4.69) is 5.32 Å². The molecule has 0 radical (unpaired) electrons. The average Bonchev–Trinajstić information content (AvgIpc) is 3.27. The van der Waals surface area contributed by atoms with Crippen molar-refractivity contribution in [2.75, 3.05) is 6.61 Å². The van der Waals surface area contributed by atoms with Crippen LogP contribution < -0.4 is 15.8 Å². The third-order valence-electron chi connectivity index (χ3n) is 4.12. The zero-order valence-corrected chi connectivity index (χ0v) is 15.2. The number of hydrogen-bond acceptors (Lipinski definition) is 3. The van der Waals surface area contributed by atoms with E-state index in [0.29, 0.717) is 18.9 Å². The summed E-state index contributed by atoms with van der Waals surface area (Å²) in [6.45, 7) is 7.09. The van der Waals surface area contributed by atoms with Crippen molar-refractivity contribution < 1.29 is 9.53 Å². The lowest BCUT2D eigenvalue weighted by molar-refractivity contribution is -0.126. The van der Waals surface area contributed by atoms with Crippen LogP contribution in [-0.2, 0) is 11.3 Å². The molecule has 2 rings (SSSR count). The molecule has 1 saturated carbocycles. The number of halogens is 1. The second-order valence-electron chi connectivity index (χ2n) is 6.72. The number of ether oxygens (including phenoxy) is 1. The van der Waals surface area contributed by atoms with Crippen LogP contribution in [0.15, 0.2) is 18.2 Å². The van der Waals surface area contributed by atoms with E-state index in [9.17, 15) is 4.79 Å². The largest absolute Gasteiger partial charge is 0.493 e. The number of nitrogens with two attached hydrogens (primary N) is 1. The second-order valence-corrected chi connectivity index (χ2v) is 6.72. The highest BCUT2D eigenvalue weighted by Crippen LogP contribution is 2.30. The number of nitrogens with one attached hydrogen (secondary N) is 1. The van der Waals surface area contributed by atoms with Gasteiger partial charge in [0.1, 0.15) is 5.75 Å². The maximum absolute atomic E-state index is 12.2. The highest BCUT2D eigenvalue weighted by molar-refractivity contribution is 5.85. The summed E-state index contributed by atoms with van der Waals surface area (Å²) in [5.41, 5.74) is 7.42. The Balaban J connectivity index is 0.00000264. The molecule has 23 heavy (non-hydrogen) atoms. The van der Waals surface area contributed by atoms with Gasteiger partial charge in [-0.05, 0) is 50.7 Å². The lowest BCUT2D eigenvalue weighted by Crippen LogP contribution is -2.51. The van der Waals surface area contributed by atoms with E-state index in [1.807, 2.05) is 32.0 Å². The van der Waals surface area contributed by atoms with Crippen LogP contribution in [0.25, 0.3) is 0 Å². The topological polar surface area (TPSA) is 64.4 Å². The van der Waals surface area contributed by atoms with Crippen molar-refractivity contribution >= 4 is 18.3 Å². The van der Waals surface area contributed by atoms with Gasteiger partial charge in [0.2, 0.25) is 5.91 Å². The zero-order chi connectivity index (χ0) is 16.2. The molecule has 3 N–H and O–H groups in total. The van der Waals surface area contributed by atoms with Crippen molar-refractivity contribution in [3.63, 3.8) is 0 Å². The van der Waals surface area contributed by atoms with Gasteiger partial charge < -0.3 is 15.8 Å². The van der Waals surface area contributed by atoms with Crippen LogP contribution in [0.3, 0.4) is 0 Å². The number of amides is 1. The van der Waals surface area contributed by atoms with E-state index in [4.69, 9.17) is 10.5 Å². The highest BCUT2D eigenvalue weighted by Gasteiger charge is 2.27. The summed E-state index contributed by atoms with van der Waals surface area (Å²) in [5, 5.41) is 2.94. The molecule has 0 aliphatic heterocycles. The van der Waals surface area contributed by atoms with Crippen LogP contribution in [0.2, 0.25) is 0 Å². The predicted molar refractivity (Wildman–Crippen MR) is 96.0 cm³/mol. The Labute approximate surface area is 145 Å². The fourth-order valence-electron chi connectivity index (χ4n) is 2.44. The molecule has 0 heterocycles. The Kier molecular flexibility index (Phi) is 7.36. The molecule has 0 saturated heterocycles. The highest BCUT2D eigenvalue weighted by atomic mass is 35.5. The van der Waals surface area contributed by atoms with E-state index >= 15 is 0 Å². The average molecular weight is 341 g/mol. The number of rotatable bonds is 8. The summed E-state index contributed by atoms with van der Waals surface area (Å²) in [7, 11) is 0. The standard InChI is InChI=1S/C18H28N2O2.ClH/c1-4-9-18(3,19)17(21)20-11-15-8-5-13(2)10-16(15)22-12-14-6-7-14;/h5,8,10,14H,4,6-7,9,11-12,19H2,1-3H3,(H,20,21);1H. The van der Waals surface area contributed by atoms with Crippen LogP contribution in [-0.4, -0.2) is 18.1 Å². The molecular weight excluding hydrogens is 312 g/mol. The molecule has 1 aromatic carbocycles. The van der Waals surface area contributed by atoms with Gasteiger partial charge in [-0.1, -0.05) is 25.5 Å². The van der Waals surface area contributed by atoms with Crippen LogP contribution in [0.4, 0.5) is 0 Å². The molecule has 1 aromatic rings. The molecular formula is C18H29ClN2O2. The van der Waals surface area contributed by atoms with Crippen LogP contribution >= 0.6 is 12.4 Å². The Morgan fingerprint density at radius 1 is 1.43 bits per heavy atom. The summed E-state index contributed by atoms with van der Waals surface area (Å²) >= 11 is 0. The second kappa shape index (κ2) is 8.55. The van der Waals surface area contributed by atoms with E-state index in [1.165, 1.54) is 12.8 Å². The monoisotopic (exact) mass is 340 g/mol. The minimum Gasteiger partial charge on any atom is -0.493 e. The lowest BCUT2D eigenvalue weighted by atomic mass is 9.96. The minimum absolute atomic E-state index is 0. The first-order valence-corrected chi connectivity index (χ1v) is 8.22. The Morgan fingerprint density at radius 3 is 2.74 bits per heavy atom. The SMILES string of the molecule is CCCC(C)(N)C(=O)NCc1ccc(C)cc1OCC1CC1.Cl. The Morgan fingerprint density at radius 2 is 2.13 bits per heavy atom. The summed E-state index contributed by atoms with van der Waals surface area (Å²) < 4.78 is 5.92. The third-order valence-corrected chi connectivity index (χ3v) is 4.12. The van der Waals surface area contributed by atoms with Crippen LogP contribution in [0.1, 0.15) is 50.7 Å². The first-order chi connectivity index (χ1) is 10.4. The van der Waals surface area contributed by atoms with Gasteiger partial charge in [-0.3, -0.25) is 4.79 Å². The van der Waals surface area contributed by atoms with Gasteiger partial charge in [-0.2, -0.15) is 0 Å². The van der Waals surface area contributed by atoms with Crippen molar-refractivity contribution in [3.05, 3.63) is 29.3 Å². The molecule has 1 aliphatic rings. The maximum Gasteiger partial charge on any atom is 0.240 e. The van der Waals surface area contributed by atoms with Gasteiger partial charge in [-0.25, -0.2) is 0 Å². The molecule has 5 heteroatoms. The van der Waals surface area contributed by atoms with E-state index in [0.717, 1.165) is 29.9 Å². The quantitative estimate of drug-likeness (QED) is 0.762. The fourth-order valence-corrected chi connectivity index (χ4v) is 2.44. The lowest BCUT2D eigenvalue weighted by Gasteiger charge is -2.23. The zero-order valence-electron chi connectivity index (χ0n) is 14.4. The summed E-state index contributed by atoms with van der Waals surface area (Å²) in [6.07, 6.45) is 4.10. The Bertz CT molecular complexity index is 528. The molecule has 0 aromatic heterocycles. The molecule has 1 amide bonds. The van der Waals surface area contributed by atoms with Gasteiger partial charge in [0.15, 0.2) is 0 Å². The third kappa shape index (κ3) is 6.04. The van der Waals surface area contributed by atoms with Gasteiger partial charge in [0.05, 0.1) is 12.1 Å². The normalized spacial score (nSPS) is 16.2. The number of benzene rings is 1. The van der Waals surface area contributed by atoms with Crippen molar-refractivity contribution in [1.82, 2.24) is 5.32 Å². The van der Waals surface area contributed by atoms with E-state index in [1.54, 1.807) is 6.92 Å². The first kappa shape index (κ1) is 19.8. The van der Waals surface area contributed by atoms with Crippen molar-refractivity contribution in [1.29, 1.82) is 0 Å². The number of carbonyl (C=O) groups excluding carboxylic acids is 1. The Hall–Kier alpha value is -1.26. The predicted octanol–water partition coefficient (Wildman–Crippen LogP) is 3.34. The van der Waals surface area contributed by atoms with Gasteiger partial charge in [0.25, 0.3) is 0 Å². The molecule has 0 bridgehead atoms. The minimum atomic E-state index is -0.811. The van der Waals surface area contributed by atoms with Gasteiger partial charge in [-0.15, -0.1) is 12.4 Å². The van der Waals surface area contributed by atoms with Gasteiger partial charge in [0, 0.05) is 12.1 Å². The number of hydrogen-bond donors (Lipinski definition) is 2. The molecule has 130 valence electrons. The molecule has 1 unspecified atom stereocenters. The van der Waals surface area contributed by atoms with Gasteiger partial charge >= 0.3 is 0 Å². The van der Waals surface area contributed by atoms with Crippen molar-refractivity contribution in [3.8, 4) is 5.75 Å². The molecule has 0 spiro atoms.